The molecule has 7 unspecified atom stereocenters. The van der Waals surface area contributed by atoms with Crippen molar-refractivity contribution in [3.8, 4) is 0 Å². The fourth-order valence-corrected chi connectivity index (χ4v) is 6.66. The first-order valence-corrected chi connectivity index (χ1v) is 10.5. The number of carbonyl (C=O) groups is 1. The Morgan fingerprint density at radius 3 is 2.56 bits per heavy atom. The van der Waals surface area contributed by atoms with Crippen LogP contribution in [0.1, 0.15) is 32.1 Å². The highest BCUT2D eigenvalue weighted by atomic mass is 32.2. The average molecular weight is 376 g/mol. The van der Waals surface area contributed by atoms with Crippen molar-refractivity contribution in [2.75, 3.05) is 19.8 Å². The van der Waals surface area contributed by atoms with Gasteiger partial charge in [-0.25, -0.2) is 9.11 Å². The third-order valence-corrected chi connectivity index (χ3v) is 8.05. The van der Waals surface area contributed by atoms with Gasteiger partial charge in [0.1, 0.15) is 6.17 Å². The minimum atomic E-state index is -4.05. The number of nitrogens with zero attached hydrogens (tertiary/aromatic N) is 1. The van der Waals surface area contributed by atoms with Gasteiger partial charge in [0.05, 0.1) is 18.7 Å². The van der Waals surface area contributed by atoms with Crippen molar-refractivity contribution in [3.05, 3.63) is 0 Å². The summed E-state index contributed by atoms with van der Waals surface area (Å²) in [7, 11) is -4.05. The van der Waals surface area contributed by atoms with E-state index in [9.17, 15) is 18.3 Å². The summed E-state index contributed by atoms with van der Waals surface area (Å²) in [5, 5.41) is 10.4. The molecule has 0 aromatic heterocycles. The van der Waals surface area contributed by atoms with Crippen LogP contribution in [0.4, 0.5) is 4.39 Å². The molecule has 7 atom stereocenters. The zero-order valence-corrected chi connectivity index (χ0v) is 14.8. The van der Waals surface area contributed by atoms with Gasteiger partial charge in [0.15, 0.2) is 0 Å². The molecule has 4 rings (SSSR count). The number of aliphatic hydroxyl groups excluding tert-OH is 1. The quantitative estimate of drug-likeness (QED) is 0.718. The lowest BCUT2D eigenvalue weighted by Gasteiger charge is -2.48. The zero-order valence-electron chi connectivity index (χ0n) is 14.0. The molecule has 2 heterocycles. The van der Waals surface area contributed by atoms with Gasteiger partial charge >= 0.3 is 10.2 Å². The summed E-state index contributed by atoms with van der Waals surface area (Å²) in [6, 6.07) is -1.18. The second-order valence-electron chi connectivity index (χ2n) is 7.93. The molecule has 25 heavy (non-hydrogen) atoms. The molecule has 2 saturated heterocycles. The van der Waals surface area contributed by atoms with E-state index in [1.54, 1.807) is 0 Å². The molecule has 2 saturated carbocycles. The lowest BCUT2D eigenvalue weighted by molar-refractivity contribution is -0.120. The van der Waals surface area contributed by atoms with Gasteiger partial charge in [-0.2, -0.15) is 12.7 Å². The van der Waals surface area contributed by atoms with E-state index >= 15 is 4.39 Å². The van der Waals surface area contributed by atoms with Crippen molar-refractivity contribution >= 4 is 16.1 Å². The van der Waals surface area contributed by atoms with Gasteiger partial charge in [-0.3, -0.25) is 4.79 Å². The molecule has 9 heteroatoms. The summed E-state index contributed by atoms with van der Waals surface area (Å²) >= 11 is 0. The Bertz CT molecular complexity index is 638. The minimum absolute atomic E-state index is 0.0776. The minimum Gasteiger partial charge on any atom is -0.391 e. The molecule has 2 aliphatic carbocycles. The van der Waals surface area contributed by atoms with Crippen LogP contribution in [-0.2, 0) is 19.7 Å². The highest BCUT2D eigenvalue weighted by Crippen LogP contribution is 2.48. The van der Waals surface area contributed by atoms with Gasteiger partial charge < -0.3 is 9.84 Å². The van der Waals surface area contributed by atoms with Gasteiger partial charge in [0.25, 0.3) is 0 Å². The van der Waals surface area contributed by atoms with E-state index in [0.717, 1.165) is 36.8 Å². The average Bonchev–Trinajstić information content (AvgIpc) is 3.15. The van der Waals surface area contributed by atoms with Crippen molar-refractivity contribution in [1.29, 1.82) is 0 Å². The highest BCUT2D eigenvalue weighted by molar-refractivity contribution is 7.88. The molecule has 0 bridgehead atoms. The normalized spacial score (nSPS) is 47.4. The number of halogens is 1. The van der Waals surface area contributed by atoms with Crippen LogP contribution in [0, 0.1) is 23.7 Å². The van der Waals surface area contributed by atoms with Crippen LogP contribution in [0.2, 0.25) is 0 Å². The molecule has 0 spiro atoms. The standard InChI is InChI=1S/C16H25FN2O5S/c17-15-12-5-9(11-3-4-24-8-11)1-2-10(12)6-13(20)16(15)19-7-14(21)18-25(19,22)23/h9-13,15-16,20H,1-8H2,(H,18,21). The first kappa shape index (κ1) is 17.6. The smallest absolute Gasteiger partial charge is 0.304 e. The maximum atomic E-state index is 15.4. The first-order valence-electron chi connectivity index (χ1n) is 9.09. The SMILES string of the molecule is O=C1CN(C2C(O)CC3CCC(C4CCOC4)CC3C2F)S(=O)(=O)N1. The van der Waals surface area contributed by atoms with Crippen LogP contribution in [-0.4, -0.2) is 61.8 Å². The van der Waals surface area contributed by atoms with Crippen LogP contribution in [0.15, 0.2) is 0 Å². The zero-order chi connectivity index (χ0) is 17.8. The summed E-state index contributed by atoms with van der Waals surface area (Å²) in [5.41, 5.74) is 0. The predicted octanol–water partition coefficient (Wildman–Crippen LogP) is 0.203. The van der Waals surface area contributed by atoms with Crippen LogP contribution < -0.4 is 4.72 Å². The molecule has 2 N–H and O–H groups in total. The molecule has 0 aromatic carbocycles. The van der Waals surface area contributed by atoms with Crippen molar-refractivity contribution in [2.45, 2.75) is 50.4 Å². The van der Waals surface area contributed by atoms with E-state index in [1.807, 2.05) is 4.72 Å². The Balaban J connectivity index is 1.54. The third kappa shape index (κ3) is 3.09. The molecular weight excluding hydrogens is 351 g/mol. The van der Waals surface area contributed by atoms with Crippen molar-refractivity contribution in [2.24, 2.45) is 23.7 Å². The number of ether oxygens (including phenoxy) is 1. The maximum Gasteiger partial charge on any atom is 0.304 e. The van der Waals surface area contributed by atoms with Crippen LogP contribution >= 0.6 is 0 Å². The largest absolute Gasteiger partial charge is 0.391 e. The summed E-state index contributed by atoms with van der Waals surface area (Å²) in [4.78, 5) is 11.5. The van der Waals surface area contributed by atoms with Gasteiger partial charge in [0, 0.05) is 13.2 Å². The fraction of sp³-hybridized carbons (Fsp3) is 0.938. The fourth-order valence-electron chi connectivity index (χ4n) is 5.33. The van der Waals surface area contributed by atoms with E-state index in [2.05, 4.69) is 0 Å². The second kappa shape index (κ2) is 6.44. The lowest BCUT2D eigenvalue weighted by atomic mass is 9.62. The Kier molecular flexibility index (Phi) is 4.54. The topological polar surface area (TPSA) is 95.9 Å². The number of aliphatic hydroxyl groups is 1. The Hall–Kier alpha value is -0.770. The molecular formula is C16H25FN2O5S. The number of amides is 1. The van der Waals surface area contributed by atoms with Crippen LogP contribution in [0.5, 0.6) is 0 Å². The summed E-state index contributed by atoms with van der Waals surface area (Å²) in [5.74, 6) is -0.0105. The maximum absolute atomic E-state index is 15.4. The predicted molar refractivity (Wildman–Crippen MR) is 86.3 cm³/mol. The molecule has 142 valence electrons. The van der Waals surface area contributed by atoms with Crippen LogP contribution in [0.25, 0.3) is 0 Å². The van der Waals surface area contributed by atoms with Crippen molar-refractivity contribution < 1.29 is 27.4 Å². The van der Waals surface area contributed by atoms with Gasteiger partial charge in [-0.05, 0) is 55.8 Å². The molecule has 0 radical (unpaired) electrons. The Morgan fingerprint density at radius 2 is 1.92 bits per heavy atom. The number of carbonyl (C=O) groups excluding carboxylic acids is 1. The van der Waals surface area contributed by atoms with Gasteiger partial charge in [-0.1, -0.05) is 0 Å². The lowest BCUT2D eigenvalue weighted by Crippen LogP contribution is -2.59. The van der Waals surface area contributed by atoms with E-state index in [-0.39, 0.29) is 11.8 Å². The van der Waals surface area contributed by atoms with E-state index in [4.69, 9.17) is 4.74 Å². The Morgan fingerprint density at radius 1 is 1.16 bits per heavy atom. The molecule has 1 amide bonds. The van der Waals surface area contributed by atoms with Crippen molar-refractivity contribution in [3.63, 3.8) is 0 Å². The molecule has 4 aliphatic rings. The number of fused-ring (bicyclic) bond motifs is 1. The molecule has 0 aromatic rings. The van der Waals surface area contributed by atoms with Crippen LogP contribution in [0.3, 0.4) is 0 Å². The van der Waals surface area contributed by atoms with Gasteiger partial charge in [0.2, 0.25) is 5.91 Å². The Labute approximate surface area is 147 Å². The second-order valence-corrected chi connectivity index (χ2v) is 9.56. The monoisotopic (exact) mass is 376 g/mol. The van der Waals surface area contributed by atoms with E-state index < -0.39 is 41.0 Å². The van der Waals surface area contributed by atoms with Gasteiger partial charge in [-0.15, -0.1) is 0 Å². The molecule has 7 nitrogen and oxygen atoms in total. The number of rotatable bonds is 2. The molecule has 4 fully saturated rings. The van der Waals surface area contributed by atoms with E-state index in [1.165, 1.54) is 0 Å². The summed E-state index contributed by atoms with van der Waals surface area (Å²) in [6.07, 6.45) is 1.44. The summed E-state index contributed by atoms with van der Waals surface area (Å²) in [6.45, 7) is 1.07. The third-order valence-electron chi connectivity index (χ3n) is 6.58. The first-order chi connectivity index (χ1) is 11.9. The molecule has 2 aliphatic heterocycles. The highest BCUT2D eigenvalue weighted by Gasteiger charge is 2.54. The number of hydrogen-bond acceptors (Lipinski definition) is 5. The number of hydrogen-bond donors (Lipinski definition) is 2. The van der Waals surface area contributed by atoms with Crippen molar-refractivity contribution in [1.82, 2.24) is 9.03 Å². The van der Waals surface area contributed by atoms with E-state index in [0.29, 0.717) is 24.7 Å². The number of nitrogens with one attached hydrogen (secondary N) is 1. The number of alkyl halides is 1. The summed E-state index contributed by atoms with van der Waals surface area (Å²) < 4.78 is 47.7.